The normalized spacial score (nSPS) is 11.8. The van der Waals surface area contributed by atoms with E-state index < -0.39 is 15.8 Å². The largest absolute Gasteiger partial charge is 0.345 e. The van der Waals surface area contributed by atoms with Crippen molar-refractivity contribution >= 4 is 21.6 Å². The van der Waals surface area contributed by atoms with Gasteiger partial charge in [0.2, 0.25) is 21.7 Å². The van der Waals surface area contributed by atoms with E-state index in [2.05, 4.69) is 14.9 Å². The van der Waals surface area contributed by atoms with Crippen LogP contribution in [-0.4, -0.2) is 23.1 Å². The van der Waals surface area contributed by atoms with Gasteiger partial charge in [-0.3, -0.25) is 0 Å². The molecule has 132 valence electrons. The molecule has 1 N–H and O–H groups in total. The van der Waals surface area contributed by atoms with E-state index in [1.165, 1.54) is 0 Å². The molecule has 0 saturated heterocycles. The molecule has 3 rings (SSSR count). The first-order valence-corrected chi connectivity index (χ1v) is 9.19. The number of nitrogens with zero attached hydrogens (tertiary/aromatic N) is 3. The molecule has 0 bridgehead atoms. The fourth-order valence-electron chi connectivity index (χ4n) is 2.21. The van der Waals surface area contributed by atoms with E-state index in [0.29, 0.717) is 5.82 Å². The van der Waals surface area contributed by atoms with Gasteiger partial charge in [-0.1, -0.05) is 16.8 Å². The van der Waals surface area contributed by atoms with E-state index in [9.17, 15) is 12.8 Å². The molecule has 3 aromatic rings. The minimum Gasteiger partial charge on any atom is -0.345 e. The minimum atomic E-state index is -3.89. The Morgan fingerprint density at radius 1 is 1.36 bits per heavy atom. The predicted molar refractivity (Wildman–Crippen MR) is 88.8 cm³/mol. The van der Waals surface area contributed by atoms with Gasteiger partial charge in [0, 0.05) is 12.7 Å². The van der Waals surface area contributed by atoms with Gasteiger partial charge >= 0.3 is 0 Å². The van der Waals surface area contributed by atoms with Crippen LogP contribution in [0.25, 0.3) is 11.5 Å². The van der Waals surface area contributed by atoms with E-state index in [1.54, 1.807) is 0 Å². The Bertz CT molecular complexity index is 1000. The summed E-state index contributed by atoms with van der Waals surface area (Å²) in [5, 5.41) is 3.58. The molecule has 0 unspecified atom stereocenters. The third-order valence-electron chi connectivity index (χ3n) is 3.48. The standard InChI is InChI=1S/C15H14ClFN4O3S/c1-2-21-7-3-4-13(21)15-19-14(24-20-15)9-18-25(22,23)10-5-6-12(17)11(16)8-10/h3-8,18H,2,9H2,1H3. The van der Waals surface area contributed by atoms with Gasteiger partial charge in [0.15, 0.2) is 0 Å². The molecule has 0 fully saturated rings. The maximum atomic E-state index is 13.2. The number of nitrogens with one attached hydrogen (secondary N) is 1. The highest BCUT2D eigenvalue weighted by Gasteiger charge is 2.18. The van der Waals surface area contributed by atoms with Gasteiger partial charge in [-0.2, -0.15) is 4.98 Å². The monoisotopic (exact) mass is 384 g/mol. The molecule has 10 heteroatoms. The first kappa shape index (κ1) is 17.6. The molecule has 0 aliphatic carbocycles. The number of aryl methyl sites for hydroxylation is 1. The quantitative estimate of drug-likeness (QED) is 0.705. The van der Waals surface area contributed by atoms with E-state index >= 15 is 0 Å². The SMILES string of the molecule is CCn1cccc1-c1noc(CNS(=O)(=O)c2ccc(F)c(Cl)c2)n1. The lowest BCUT2D eigenvalue weighted by Crippen LogP contribution is -2.23. The van der Waals surface area contributed by atoms with Crippen molar-refractivity contribution in [2.45, 2.75) is 24.9 Å². The molecule has 0 amide bonds. The van der Waals surface area contributed by atoms with E-state index in [-0.39, 0.29) is 22.4 Å². The van der Waals surface area contributed by atoms with Crippen molar-refractivity contribution in [3.05, 3.63) is 53.3 Å². The number of rotatable bonds is 6. The van der Waals surface area contributed by atoms with Gasteiger partial charge in [0.25, 0.3) is 0 Å². The molecule has 0 spiro atoms. The Morgan fingerprint density at radius 3 is 2.88 bits per heavy atom. The Hall–Kier alpha value is -2.23. The van der Waals surface area contributed by atoms with Crippen LogP contribution in [0.5, 0.6) is 0 Å². The van der Waals surface area contributed by atoms with Crippen LogP contribution < -0.4 is 4.72 Å². The van der Waals surface area contributed by atoms with E-state index in [4.69, 9.17) is 16.1 Å². The van der Waals surface area contributed by atoms with Gasteiger partial charge in [-0.25, -0.2) is 17.5 Å². The Kier molecular flexibility index (Phi) is 4.89. The summed E-state index contributed by atoms with van der Waals surface area (Å²) in [5.74, 6) is -0.220. The summed E-state index contributed by atoms with van der Waals surface area (Å²) >= 11 is 5.62. The number of aromatic nitrogens is 3. The summed E-state index contributed by atoms with van der Waals surface area (Å²) in [5.41, 5.74) is 0.769. The Balaban J connectivity index is 1.74. The Labute approximate surface area is 148 Å². The zero-order valence-electron chi connectivity index (χ0n) is 13.1. The first-order valence-electron chi connectivity index (χ1n) is 7.33. The maximum Gasteiger partial charge on any atom is 0.242 e. The topological polar surface area (TPSA) is 90.0 Å². The summed E-state index contributed by atoms with van der Waals surface area (Å²) in [4.78, 5) is 4.02. The molecule has 0 radical (unpaired) electrons. The zero-order valence-corrected chi connectivity index (χ0v) is 14.7. The lowest BCUT2D eigenvalue weighted by Gasteiger charge is -2.05. The van der Waals surface area contributed by atoms with Crippen molar-refractivity contribution in [1.29, 1.82) is 0 Å². The summed E-state index contributed by atoms with van der Waals surface area (Å²) in [6, 6.07) is 6.84. The number of hydrogen-bond donors (Lipinski definition) is 1. The van der Waals surface area contributed by atoms with Crippen molar-refractivity contribution in [2.24, 2.45) is 0 Å². The fraction of sp³-hybridized carbons (Fsp3) is 0.200. The van der Waals surface area contributed by atoms with Gasteiger partial charge < -0.3 is 9.09 Å². The molecule has 0 aliphatic heterocycles. The van der Waals surface area contributed by atoms with E-state index in [1.807, 2.05) is 29.8 Å². The van der Waals surface area contributed by atoms with Crippen LogP contribution in [0.1, 0.15) is 12.8 Å². The van der Waals surface area contributed by atoms with Crippen LogP contribution in [0.3, 0.4) is 0 Å². The van der Waals surface area contributed by atoms with Crippen molar-refractivity contribution in [1.82, 2.24) is 19.4 Å². The highest BCUT2D eigenvalue weighted by molar-refractivity contribution is 7.89. The highest BCUT2D eigenvalue weighted by atomic mass is 35.5. The van der Waals surface area contributed by atoms with Crippen LogP contribution in [0.2, 0.25) is 5.02 Å². The molecular formula is C15H14ClFN4O3S. The number of halogens is 2. The molecule has 0 atom stereocenters. The summed E-state index contributed by atoms with van der Waals surface area (Å²) < 4.78 is 46.9. The van der Waals surface area contributed by atoms with Crippen molar-refractivity contribution < 1.29 is 17.3 Å². The second-order valence-corrected chi connectivity index (χ2v) is 7.27. The van der Waals surface area contributed by atoms with Crippen LogP contribution in [0.4, 0.5) is 4.39 Å². The second kappa shape index (κ2) is 6.95. The van der Waals surface area contributed by atoms with Crippen molar-refractivity contribution in [3.8, 4) is 11.5 Å². The smallest absolute Gasteiger partial charge is 0.242 e. The van der Waals surface area contributed by atoms with Crippen LogP contribution in [0, 0.1) is 5.82 Å². The molecule has 0 aliphatic rings. The lowest BCUT2D eigenvalue weighted by molar-refractivity contribution is 0.375. The molecule has 1 aromatic carbocycles. The van der Waals surface area contributed by atoms with Gasteiger partial charge in [-0.15, -0.1) is 0 Å². The van der Waals surface area contributed by atoms with Crippen LogP contribution in [0.15, 0.2) is 45.9 Å². The molecule has 25 heavy (non-hydrogen) atoms. The van der Waals surface area contributed by atoms with Crippen LogP contribution in [-0.2, 0) is 23.1 Å². The number of benzene rings is 1. The van der Waals surface area contributed by atoms with Crippen LogP contribution >= 0.6 is 11.6 Å². The van der Waals surface area contributed by atoms with Gasteiger partial charge in [-0.05, 0) is 37.3 Å². The number of sulfonamides is 1. The lowest BCUT2D eigenvalue weighted by atomic mass is 10.3. The van der Waals surface area contributed by atoms with E-state index in [0.717, 1.165) is 30.4 Å². The van der Waals surface area contributed by atoms with Gasteiger partial charge in [0.05, 0.1) is 22.2 Å². The third kappa shape index (κ3) is 3.73. The van der Waals surface area contributed by atoms with Crippen molar-refractivity contribution in [3.63, 3.8) is 0 Å². The highest BCUT2D eigenvalue weighted by Crippen LogP contribution is 2.20. The average molecular weight is 385 g/mol. The maximum absolute atomic E-state index is 13.2. The molecule has 0 saturated carbocycles. The summed E-state index contributed by atoms with van der Waals surface area (Å²) in [6.45, 7) is 2.52. The minimum absolute atomic E-state index is 0.107. The molecular weight excluding hydrogens is 371 g/mol. The average Bonchev–Trinajstić information content (AvgIpc) is 3.23. The molecule has 2 heterocycles. The summed E-state index contributed by atoms with van der Waals surface area (Å²) in [7, 11) is -3.89. The number of hydrogen-bond acceptors (Lipinski definition) is 5. The predicted octanol–water partition coefficient (Wildman–Crippen LogP) is 2.83. The van der Waals surface area contributed by atoms with Crippen molar-refractivity contribution in [2.75, 3.05) is 0 Å². The Morgan fingerprint density at radius 2 is 2.16 bits per heavy atom. The fourth-order valence-corrected chi connectivity index (χ4v) is 3.45. The molecule has 2 aromatic heterocycles. The second-order valence-electron chi connectivity index (χ2n) is 5.09. The summed E-state index contributed by atoms with van der Waals surface area (Å²) in [6.07, 6.45) is 1.88. The zero-order chi connectivity index (χ0) is 18.0. The van der Waals surface area contributed by atoms with Gasteiger partial charge in [0.1, 0.15) is 5.82 Å². The molecule has 7 nitrogen and oxygen atoms in total. The first-order chi connectivity index (χ1) is 11.9. The third-order valence-corrected chi connectivity index (χ3v) is 5.17.